The molecular weight excluding hydrogens is 346 g/mol. The van der Waals surface area contributed by atoms with Crippen LogP contribution in [0.4, 0.5) is 23.1 Å². The molecule has 0 saturated heterocycles. The van der Waals surface area contributed by atoms with Crippen molar-refractivity contribution in [1.82, 2.24) is 15.2 Å². The lowest BCUT2D eigenvalue weighted by Gasteiger charge is -2.15. The van der Waals surface area contributed by atoms with E-state index in [1.54, 1.807) is 33.5 Å². The fourth-order valence-electron chi connectivity index (χ4n) is 2.55. The number of anilines is 4. The van der Waals surface area contributed by atoms with Gasteiger partial charge >= 0.3 is 0 Å². The minimum atomic E-state index is 0.391. The Balaban J connectivity index is 1.85. The van der Waals surface area contributed by atoms with E-state index in [1.807, 2.05) is 31.2 Å². The third kappa shape index (κ3) is 4.17. The molecule has 0 atom stereocenters. The summed E-state index contributed by atoms with van der Waals surface area (Å²) in [5, 5.41) is 14.4. The van der Waals surface area contributed by atoms with E-state index < -0.39 is 0 Å². The molecule has 0 unspecified atom stereocenters. The SMILES string of the molecule is COc1cc(Nc2cnnc(Nc3ccccc3C)n2)cc(OC)c1OC. The highest BCUT2D eigenvalue weighted by Crippen LogP contribution is 2.40. The minimum Gasteiger partial charge on any atom is -0.493 e. The largest absolute Gasteiger partial charge is 0.493 e. The Morgan fingerprint density at radius 3 is 2.22 bits per heavy atom. The summed E-state index contributed by atoms with van der Waals surface area (Å²) in [6.07, 6.45) is 1.53. The minimum absolute atomic E-state index is 0.391. The van der Waals surface area contributed by atoms with Crippen LogP contribution in [0.1, 0.15) is 5.56 Å². The molecule has 0 aliphatic carbocycles. The van der Waals surface area contributed by atoms with Crippen molar-refractivity contribution in [3.63, 3.8) is 0 Å². The number of methoxy groups -OCH3 is 3. The quantitative estimate of drug-likeness (QED) is 0.653. The Morgan fingerprint density at radius 2 is 1.59 bits per heavy atom. The lowest BCUT2D eigenvalue weighted by molar-refractivity contribution is 0.324. The molecule has 0 amide bonds. The van der Waals surface area contributed by atoms with Crippen LogP contribution in [0.2, 0.25) is 0 Å². The molecule has 27 heavy (non-hydrogen) atoms. The molecule has 0 bridgehead atoms. The molecular formula is C19H21N5O3. The first-order chi connectivity index (χ1) is 13.1. The highest BCUT2D eigenvalue weighted by atomic mass is 16.5. The second-order valence-electron chi connectivity index (χ2n) is 5.64. The Hall–Kier alpha value is -3.55. The van der Waals surface area contributed by atoms with Gasteiger partial charge in [-0.15, -0.1) is 5.10 Å². The van der Waals surface area contributed by atoms with Crippen LogP contribution in [0.15, 0.2) is 42.6 Å². The summed E-state index contributed by atoms with van der Waals surface area (Å²) in [5.41, 5.74) is 2.72. The second-order valence-corrected chi connectivity index (χ2v) is 5.64. The molecule has 0 fully saturated rings. The number of nitrogens with zero attached hydrogens (tertiary/aromatic N) is 3. The zero-order valence-electron chi connectivity index (χ0n) is 15.6. The first kappa shape index (κ1) is 18.2. The first-order valence-corrected chi connectivity index (χ1v) is 8.24. The molecule has 2 aromatic carbocycles. The van der Waals surface area contributed by atoms with Gasteiger partial charge in [-0.2, -0.15) is 10.1 Å². The summed E-state index contributed by atoms with van der Waals surface area (Å²) in [7, 11) is 4.69. The van der Waals surface area contributed by atoms with Gasteiger partial charge in [0, 0.05) is 23.5 Å². The van der Waals surface area contributed by atoms with Crippen LogP contribution in [0, 0.1) is 6.92 Å². The van der Waals surface area contributed by atoms with Crippen molar-refractivity contribution in [1.29, 1.82) is 0 Å². The van der Waals surface area contributed by atoms with Crippen LogP contribution >= 0.6 is 0 Å². The third-order valence-electron chi connectivity index (χ3n) is 3.89. The smallest absolute Gasteiger partial charge is 0.249 e. The number of benzene rings is 2. The van der Waals surface area contributed by atoms with Crippen molar-refractivity contribution in [2.75, 3.05) is 32.0 Å². The van der Waals surface area contributed by atoms with Crippen LogP contribution in [0.25, 0.3) is 0 Å². The average Bonchev–Trinajstić information content (AvgIpc) is 2.69. The number of ether oxygens (including phenoxy) is 3. The molecule has 140 valence electrons. The molecule has 3 rings (SSSR count). The van der Waals surface area contributed by atoms with Gasteiger partial charge in [0.2, 0.25) is 11.7 Å². The monoisotopic (exact) mass is 367 g/mol. The van der Waals surface area contributed by atoms with Crippen LogP contribution in [0.5, 0.6) is 17.2 Å². The Kier molecular flexibility index (Phi) is 5.55. The van der Waals surface area contributed by atoms with Crippen molar-refractivity contribution in [2.24, 2.45) is 0 Å². The maximum atomic E-state index is 5.37. The molecule has 3 aromatic rings. The molecule has 0 saturated carbocycles. The lowest BCUT2D eigenvalue weighted by atomic mass is 10.2. The number of para-hydroxylation sites is 1. The maximum Gasteiger partial charge on any atom is 0.249 e. The van der Waals surface area contributed by atoms with Crippen molar-refractivity contribution >= 4 is 23.1 Å². The number of rotatable bonds is 7. The van der Waals surface area contributed by atoms with Crippen LogP contribution in [-0.4, -0.2) is 36.5 Å². The number of hydrogen-bond acceptors (Lipinski definition) is 8. The molecule has 2 N–H and O–H groups in total. The highest BCUT2D eigenvalue weighted by molar-refractivity contribution is 5.67. The van der Waals surface area contributed by atoms with Gasteiger partial charge in [0.05, 0.1) is 27.5 Å². The predicted molar refractivity (Wildman–Crippen MR) is 104 cm³/mol. The number of aromatic nitrogens is 3. The fraction of sp³-hybridized carbons (Fsp3) is 0.211. The van der Waals surface area contributed by atoms with Gasteiger partial charge in [-0.3, -0.25) is 0 Å². The topological polar surface area (TPSA) is 90.4 Å². The summed E-state index contributed by atoms with van der Waals surface area (Å²) < 4.78 is 16.1. The average molecular weight is 367 g/mol. The van der Waals surface area contributed by atoms with E-state index in [1.165, 1.54) is 6.20 Å². The first-order valence-electron chi connectivity index (χ1n) is 8.24. The predicted octanol–water partition coefficient (Wildman–Crippen LogP) is 3.69. The summed E-state index contributed by atoms with van der Waals surface area (Å²) in [5.74, 6) is 2.52. The summed E-state index contributed by atoms with van der Waals surface area (Å²) in [6.45, 7) is 2.01. The number of nitrogens with one attached hydrogen (secondary N) is 2. The van der Waals surface area contributed by atoms with Crippen LogP contribution in [0.3, 0.4) is 0 Å². The highest BCUT2D eigenvalue weighted by Gasteiger charge is 2.14. The van der Waals surface area contributed by atoms with Crippen LogP contribution in [-0.2, 0) is 0 Å². The van der Waals surface area contributed by atoms with Gasteiger partial charge in [-0.25, -0.2) is 0 Å². The molecule has 0 aliphatic rings. The molecule has 8 heteroatoms. The summed E-state index contributed by atoms with van der Waals surface area (Å²) >= 11 is 0. The molecule has 1 aromatic heterocycles. The Morgan fingerprint density at radius 1 is 0.889 bits per heavy atom. The van der Waals surface area contributed by atoms with E-state index in [9.17, 15) is 0 Å². The Bertz CT molecular complexity index is 908. The van der Waals surface area contributed by atoms with E-state index in [2.05, 4.69) is 25.8 Å². The molecule has 0 radical (unpaired) electrons. The van der Waals surface area contributed by atoms with E-state index in [-0.39, 0.29) is 0 Å². The van der Waals surface area contributed by atoms with Crippen LogP contribution < -0.4 is 24.8 Å². The Labute approximate surface area is 157 Å². The van der Waals surface area contributed by atoms with E-state index in [4.69, 9.17) is 14.2 Å². The molecule has 0 spiro atoms. The summed E-state index contributed by atoms with van der Waals surface area (Å²) in [4.78, 5) is 4.45. The molecule has 0 aliphatic heterocycles. The maximum absolute atomic E-state index is 5.37. The number of hydrogen-bond donors (Lipinski definition) is 2. The van der Waals surface area contributed by atoms with Crippen molar-refractivity contribution in [2.45, 2.75) is 6.92 Å². The molecule has 1 heterocycles. The number of aryl methyl sites for hydroxylation is 1. The molecule has 8 nitrogen and oxygen atoms in total. The van der Waals surface area contributed by atoms with Gasteiger partial charge < -0.3 is 24.8 Å². The zero-order valence-corrected chi connectivity index (χ0v) is 15.6. The summed E-state index contributed by atoms with van der Waals surface area (Å²) in [6, 6.07) is 11.5. The van der Waals surface area contributed by atoms with E-state index in [0.717, 1.165) is 11.3 Å². The van der Waals surface area contributed by atoms with Gasteiger partial charge in [0.15, 0.2) is 17.3 Å². The van der Waals surface area contributed by atoms with E-state index in [0.29, 0.717) is 34.7 Å². The van der Waals surface area contributed by atoms with Crippen molar-refractivity contribution in [3.05, 3.63) is 48.2 Å². The van der Waals surface area contributed by atoms with Crippen molar-refractivity contribution in [3.8, 4) is 17.2 Å². The van der Waals surface area contributed by atoms with Gasteiger partial charge in [0.25, 0.3) is 0 Å². The fourth-order valence-corrected chi connectivity index (χ4v) is 2.55. The second kappa shape index (κ2) is 8.22. The normalized spacial score (nSPS) is 10.2. The standard InChI is InChI=1S/C19H21N5O3/c1-12-7-5-6-8-14(12)22-19-23-17(11-20-24-19)21-13-9-15(25-2)18(27-4)16(10-13)26-3/h5-11H,1-4H3,(H2,21,22,23,24). The van der Waals surface area contributed by atoms with E-state index >= 15 is 0 Å². The van der Waals surface area contributed by atoms with Gasteiger partial charge in [0.1, 0.15) is 0 Å². The van der Waals surface area contributed by atoms with Gasteiger partial charge in [-0.05, 0) is 18.6 Å². The third-order valence-corrected chi connectivity index (χ3v) is 3.89. The van der Waals surface area contributed by atoms with Gasteiger partial charge in [-0.1, -0.05) is 18.2 Å². The lowest BCUT2D eigenvalue weighted by Crippen LogP contribution is -2.03. The van der Waals surface area contributed by atoms with Crippen molar-refractivity contribution < 1.29 is 14.2 Å². The zero-order chi connectivity index (χ0) is 19.2.